The smallest absolute Gasteiger partial charge is 0.258 e. The molecule has 5 nitrogen and oxygen atoms in total. The summed E-state index contributed by atoms with van der Waals surface area (Å²) in [5.74, 6) is 0.746. The van der Waals surface area contributed by atoms with Gasteiger partial charge in [-0.1, -0.05) is 29.8 Å². The van der Waals surface area contributed by atoms with E-state index in [0.717, 1.165) is 21.9 Å². The molecule has 5 rings (SSSR count). The van der Waals surface area contributed by atoms with Gasteiger partial charge in [0.1, 0.15) is 10.8 Å². The predicted octanol–water partition coefficient (Wildman–Crippen LogP) is 5.29. The lowest BCUT2D eigenvalue weighted by molar-refractivity contribution is 0.0959. The minimum Gasteiger partial charge on any atom is -0.469 e. The van der Waals surface area contributed by atoms with Gasteiger partial charge in [0.05, 0.1) is 17.5 Å². The van der Waals surface area contributed by atoms with Crippen molar-refractivity contribution in [3.8, 4) is 21.8 Å². The third-order valence-corrected chi connectivity index (χ3v) is 6.61. The van der Waals surface area contributed by atoms with Crippen LogP contribution in [0.25, 0.3) is 21.8 Å². The Morgan fingerprint density at radius 3 is 2.60 bits per heavy atom. The highest BCUT2D eigenvalue weighted by Gasteiger charge is 2.30. The summed E-state index contributed by atoms with van der Waals surface area (Å²) in [7, 11) is 0. The molecule has 1 N–H and O–H groups in total. The molecule has 6 heteroatoms. The summed E-state index contributed by atoms with van der Waals surface area (Å²) in [6, 6.07) is 13.6. The van der Waals surface area contributed by atoms with Gasteiger partial charge in [-0.3, -0.25) is 9.59 Å². The summed E-state index contributed by atoms with van der Waals surface area (Å²) in [6.07, 6.45) is 2.56. The number of nitrogens with zero attached hydrogens (tertiary/aromatic N) is 1. The van der Waals surface area contributed by atoms with Gasteiger partial charge in [-0.15, -0.1) is 11.3 Å². The second kappa shape index (κ2) is 7.22. The second-order valence-corrected chi connectivity index (χ2v) is 8.94. The third-order valence-electron chi connectivity index (χ3n) is 5.60. The monoisotopic (exact) mass is 416 g/mol. The minimum absolute atomic E-state index is 0.0159. The van der Waals surface area contributed by atoms with Gasteiger partial charge in [0.25, 0.3) is 5.56 Å². The molecule has 3 aromatic heterocycles. The lowest BCUT2D eigenvalue weighted by atomic mass is 9.84. The fourth-order valence-corrected chi connectivity index (χ4v) is 4.95. The number of H-pyrrole nitrogens is 1. The molecule has 0 fully saturated rings. The van der Waals surface area contributed by atoms with Crippen LogP contribution in [-0.2, 0) is 6.42 Å². The Bertz CT molecular complexity index is 1300. The first-order chi connectivity index (χ1) is 14.5. The number of hydrogen-bond acceptors (Lipinski definition) is 5. The van der Waals surface area contributed by atoms with Crippen LogP contribution in [0, 0.1) is 13.8 Å². The highest BCUT2D eigenvalue weighted by atomic mass is 32.1. The first kappa shape index (κ1) is 18.8. The maximum Gasteiger partial charge on any atom is 0.258 e. The molecular formula is C24H20N2O3S. The van der Waals surface area contributed by atoms with Gasteiger partial charge in [-0.2, -0.15) is 0 Å². The summed E-state index contributed by atoms with van der Waals surface area (Å²) < 4.78 is 5.47. The predicted molar refractivity (Wildman–Crippen MR) is 117 cm³/mol. The van der Waals surface area contributed by atoms with Gasteiger partial charge in [0.2, 0.25) is 0 Å². The van der Waals surface area contributed by atoms with Crippen molar-refractivity contribution < 1.29 is 9.21 Å². The second-order valence-electron chi connectivity index (χ2n) is 7.74. The van der Waals surface area contributed by atoms with Crippen LogP contribution in [0.2, 0.25) is 0 Å². The number of Topliss-reactive ketones (excluding diaryl/α,β-unsaturated/α-hetero) is 1. The molecule has 0 bridgehead atoms. The van der Waals surface area contributed by atoms with E-state index in [0.29, 0.717) is 34.7 Å². The summed E-state index contributed by atoms with van der Waals surface area (Å²) in [4.78, 5) is 34.4. The average Bonchev–Trinajstić information content (AvgIpc) is 3.38. The molecule has 0 aliphatic heterocycles. The van der Waals surface area contributed by atoms with E-state index in [1.54, 1.807) is 12.3 Å². The molecule has 0 unspecified atom stereocenters. The van der Waals surface area contributed by atoms with Gasteiger partial charge in [0, 0.05) is 34.0 Å². The number of fused-ring (bicyclic) bond motifs is 1. The van der Waals surface area contributed by atoms with Crippen molar-refractivity contribution in [2.45, 2.75) is 32.6 Å². The largest absolute Gasteiger partial charge is 0.469 e. The molecule has 0 amide bonds. The molecule has 1 atom stereocenters. The number of carbonyl (C=O) groups is 1. The van der Waals surface area contributed by atoms with Crippen LogP contribution in [0.5, 0.6) is 0 Å². The fraction of sp³-hybridized carbons (Fsp3) is 0.208. The number of carbonyl (C=O) groups excluding carboxylic acids is 1. The Kier molecular flexibility index (Phi) is 4.51. The van der Waals surface area contributed by atoms with Crippen LogP contribution in [-0.4, -0.2) is 15.8 Å². The number of thiazole rings is 1. The highest BCUT2D eigenvalue weighted by Crippen LogP contribution is 2.35. The van der Waals surface area contributed by atoms with Gasteiger partial charge >= 0.3 is 0 Å². The third kappa shape index (κ3) is 3.23. The summed E-state index contributed by atoms with van der Waals surface area (Å²) >= 11 is 1.47. The van der Waals surface area contributed by atoms with E-state index in [4.69, 9.17) is 9.40 Å². The van der Waals surface area contributed by atoms with E-state index in [9.17, 15) is 9.59 Å². The number of aromatic nitrogens is 2. The van der Waals surface area contributed by atoms with Crippen LogP contribution in [0.4, 0.5) is 0 Å². The van der Waals surface area contributed by atoms with Crippen LogP contribution in [0.3, 0.4) is 0 Å². The number of furan rings is 1. The fourth-order valence-electron chi connectivity index (χ4n) is 4.01. The first-order valence-corrected chi connectivity index (χ1v) is 10.7. The number of nitrogens with one attached hydrogen (secondary N) is 1. The molecule has 3 heterocycles. The molecule has 0 saturated heterocycles. The number of hydrogen-bond donors (Lipinski definition) is 1. The molecule has 150 valence electrons. The van der Waals surface area contributed by atoms with Gasteiger partial charge in [0.15, 0.2) is 5.78 Å². The summed E-state index contributed by atoms with van der Waals surface area (Å²) in [5.41, 5.74) is 4.56. The van der Waals surface area contributed by atoms with Crippen molar-refractivity contribution in [1.29, 1.82) is 0 Å². The Morgan fingerprint density at radius 2 is 1.87 bits per heavy atom. The number of ketones is 1. The summed E-state index contributed by atoms with van der Waals surface area (Å²) in [5, 5.41) is 0.632. The Morgan fingerprint density at radius 1 is 1.07 bits per heavy atom. The zero-order valence-corrected chi connectivity index (χ0v) is 17.5. The molecule has 1 aromatic carbocycles. The van der Waals surface area contributed by atoms with Crippen LogP contribution in [0.15, 0.2) is 57.9 Å². The maximum atomic E-state index is 12.9. The van der Waals surface area contributed by atoms with Crippen LogP contribution in [0.1, 0.15) is 44.6 Å². The number of aromatic amines is 1. The van der Waals surface area contributed by atoms with Gasteiger partial charge in [-0.25, -0.2) is 4.98 Å². The molecule has 30 heavy (non-hydrogen) atoms. The average molecular weight is 417 g/mol. The molecule has 0 radical (unpaired) electrons. The van der Waals surface area contributed by atoms with E-state index in [-0.39, 0.29) is 17.3 Å². The van der Waals surface area contributed by atoms with Crippen molar-refractivity contribution in [3.63, 3.8) is 0 Å². The minimum atomic E-state index is -0.217. The number of aryl methyl sites for hydroxylation is 2. The lowest BCUT2D eigenvalue weighted by Gasteiger charge is -2.22. The van der Waals surface area contributed by atoms with Gasteiger partial charge < -0.3 is 9.40 Å². The maximum absolute atomic E-state index is 12.9. The zero-order valence-electron chi connectivity index (χ0n) is 16.7. The Balaban J connectivity index is 1.54. The molecule has 1 aliphatic rings. The number of benzene rings is 1. The molecule has 1 aliphatic carbocycles. The summed E-state index contributed by atoms with van der Waals surface area (Å²) in [6.45, 7) is 4.05. The molecule has 0 saturated carbocycles. The van der Waals surface area contributed by atoms with E-state index in [1.165, 1.54) is 16.9 Å². The topological polar surface area (TPSA) is 76.0 Å². The Hall–Kier alpha value is -3.25. The van der Waals surface area contributed by atoms with Crippen molar-refractivity contribution in [1.82, 2.24) is 9.97 Å². The Labute approximate surface area is 177 Å². The van der Waals surface area contributed by atoms with Crippen molar-refractivity contribution in [2.24, 2.45) is 0 Å². The standard InChI is InChI=1S/C24H20N2O3S/c1-13-5-7-15(8-6-13)22-14(2)30-24(26-22)18-12-17-19(25-23(18)28)10-16(11-20(17)27)21-4-3-9-29-21/h3-9,12,16H,10-11H2,1-2H3,(H,25,28)/t16-/m1/s1. The van der Waals surface area contributed by atoms with Crippen LogP contribution < -0.4 is 5.56 Å². The lowest BCUT2D eigenvalue weighted by Crippen LogP contribution is -2.24. The van der Waals surface area contributed by atoms with E-state index >= 15 is 0 Å². The normalized spacial score (nSPS) is 15.9. The number of pyridine rings is 1. The molecular weight excluding hydrogens is 396 g/mol. The van der Waals surface area contributed by atoms with Crippen LogP contribution >= 0.6 is 11.3 Å². The SMILES string of the molecule is Cc1ccc(-c2nc(-c3cc4c([nH]c3=O)C[C@@H](c3ccco3)CC4=O)sc2C)cc1. The zero-order chi connectivity index (χ0) is 20.8. The van der Waals surface area contributed by atoms with Crippen molar-refractivity contribution >= 4 is 17.1 Å². The van der Waals surface area contributed by atoms with Crippen molar-refractivity contribution in [3.05, 3.63) is 86.5 Å². The quantitative estimate of drug-likeness (QED) is 0.492. The first-order valence-electron chi connectivity index (χ1n) is 9.87. The van der Waals surface area contributed by atoms with E-state index < -0.39 is 0 Å². The number of rotatable bonds is 3. The van der Waals surface area contributed by atoms with E-state index in [2.05, 4.69) is 4.98 Å². The van der Waals surface area contributed by atoms with Crippen molar-refractivity contribution in [2.75, 3.05) is 0 Å². The molecule has 4 aromatic rings. The van der Waals surface area contributed by atoms with E-state index in [1.807, 2.05) is 50.2 Å². The van der Waals surface area contributed by atoms with Gasteiger partial charge in [-0.05, 0) is 38.5 Å². The molecule has 0 spiro atoms. The highest BCUT2D eigenvalue weighted by molar-refractivity contribution is 7.15.